The van der Waals surface area contributed by atoms with Gasteiger partial charge in [0.15, 0.2) is 5.78 Å². The fourth-order valence-electron chi connectivity index (χ4n) is 1.92. The first-order valence-electron chi connectivity index (χ1n) is 8.90. The first-order chi connectivity index (χ1) is 14.5. The molecule has 33 heavy (non-hydrogen) atoms. The molecule has 0 saturated heterocycles. The van der Waals surface area contributed by atoms with Gasteiger partial charge in [0.2, 0.25) is 0 Å². The van der Waals surface area contributed by atoms with Gasteiger partial charge < -0.3 is 11.0 Å². The molecule has 0 unspecified atom stereocenters. The van der Waals surface area contributed by atoms with Crippen LogP contribution in [0.25, 0.3) is 0 Å². The van der Waals surface area contributed by atoms with Crippen molar-refractivity contribution < 1.29 is 58.6 Å². The van der Waals surface area contributed by atoms with E-state index in [0.29, 0.717) is 6.42 Å². The van der Waals surface area contributed by atoms with Crippen molar-refractivity contribution in [2.75, 3.05) is 11.5 Å². The number of hydrogen-bond acceptors (Lipinski definition) is 9. The second kappa shape index (κ2) is 29.8. The van der Waals surface area contributed by atoms with Crippen molar-refractivity contribution in [3.63, 3.8) is 0 Å². The van der Waals surface area contributed by atoms with Gasteiger partial charge in [-0.1, -0.05) is 45.0 Å². The molecule has 2 rings (SSSR count). The molecule has 0 fully saturated rings. The Morgan fingerprint density at radius 3 is 1.39 bits per heavy atom. The largest absolute Gasteiger partial charge is 1.00 e. The summed E-state index contributed by atoms with van der Waals surface area (Å²) in [7, 11) is 0. The molecule has 0 spiro atoms. The first-order valence-corrected chi connectivity index (χ1v) is 10.9. The van der Waals surface area contributed by atoms with Gasteiger partial charge in [0.1, 0.15) is 6.29 Å². The normalized spacial score (nSPS) is 7.61. The molecule has 0 heterocycles. The van der Waals surface area contributed by atoms with E-state index in [9.17, 15) is 9.59 Å². The second-order valence-corrected chi connectivity index (χ2v) is 7.70. The SMILES string of the molecule is CCSc1ccc(C(=O)CC)cc1.CCSc1ccc(C=O)cc1.O.O=C=O.O=C=O.[Li+].[OH-]. The Morgan fingerprint density at radius 1 is 0.788 bits per heavy atom. The van der Waals surface area contributed by atoms with Crippen LogP contribution in [-0.2, 0) is 19.2 Å². The average molecular weight is 491 g/mol. The molecule has 8 nitrogen and oxygen atoms in total. The van der Waals surface area contributed by atoms with E-state index in [-0.39, 0.29) is 47.9 Å². The van der Waals surface area contributed by atoms with E-state index < -0.39 is 0 Å². The Balaban J connectivity index is -0.000000120. The van der Waals surface area contributed by atoms with Crippen molar-refractivity contribution in [1.29, 1.82) is 0 Å². The molecule has 0 aliphatic rings. The Hall–Kier alpha value is -2.24. The van der Waals surface area contributed by atoms with Crippen LogP contribution < -0.4 is 18.9 Å². The summed E-state index contributed by atoms with van der Waals surface area (Å²) in [6, 6.07) is 15.5. The maximum Gasteiger partial charge on any atom is 1.00 e. The summed E-state index contributed by atoms with van der Waals surface area (Å²) in [6.45, 7) is 6.12. The molecule has 2 aromatic carbocycles. The van der Waals surface area contributed by atoms with Gasteiger partial charge in [-0.2, -0.15) is 19.2 Å². The smallest absolute Gasteiger partial charge is 0.870 e. The Bertz CT molecular complexity index is 788. The van der Waals surface area contributed by atoms with Crippen LogP contribution >= 0.6 is 23.5 Å². The van der Waals surface area contributed by atoms with Gasteiger partial charge in [0.05, 0.1) is 0 Å². The van der Waals surface area contributed by atoms with Crippen molar-refractivity contribution in [3.05, 3.63) is 59.7 Å². The quantitative estimate of drug-likeness (QED) is 0.237. The van der Waals surface area contributed by atoms with Crippen LogP contribution in [0.4, 0.5) is 0 Å². The molecule has 0 bridgehead atoms. The Kier molecular flexibility index (Phi) is 37.0. The van der Waals surface area contributed by atoms with Crippen LogP contribution in [0, 0.1) is 0 Å². The molecule has 11 heteroatoms. The Labute approximate surface area is 214 Å². The van der Waals surface area contributed by atoms with Crippen molar-refractivity contribution in [3.8, 4) is 0 Å². The van der Waals surface area contributed by atoms with Crippen LogP contribution in [0.3, 0.4) is 0 Å². The van der Waals surface area contributed by atoms with Gasteiger partial charge in [-0.25, -0.2) is 0 Å². The fourth-order valence-corrected chi connectivity index (χ4v) is 3.24. The Morgan fingerprint density at radius 2 is 1.12 bits per heavy atom. The molecule has 0 aliphatic heterocycles. The van der Waals surface area contributed by atoms with Crippen molar-refractivity contribution >= 4 is 47.9 Å². The molecular weight excluding hydrogens is 463 g/mol. The molecule has 0 aliphatic carbocycles. The summed E-state index contributed by atoms with van der Waals surface area (Å²) in [5.41, 5.74) is 1.56. The minimum atomic E-state index is 0. The van der Waals surface area contributed by atoms with Crippen LogP contribution in [0.5, 0.6) is 0 Å². The van der Waals surface area contributed by atoms with Gasteiger partial charge in [0, 0.05) is 27.3 Å². The summed E-state index contributed by atoms with van der Waals surface area (Å²) >= 11 is 3.57. The van der Waals surface area contributed by atoms with Crippen LogP contribution in [0.15, 0.2) is 58.3 Å². The average Bonchev–Trinajstić information content (AvgIpc) is 2.76. The minimum Gasteiger partial charge on any atom is -0.870 e. The van der Waals surface area contributed by atoms with Crippen molar-refractivity contribution in [2.45, 2.75) is 37.0 Å². The van der Waals surface area contributed by atoms with E-state index in [1.54, 1.807) is 23.5 Å². The zero-order chi connectivity index (χ0) is 23.2. The van der Waals surface area contributed by atoms with Gasteiger partial charge >= 0.3 is 31.2 Å². The van der Waals surface area contributed by atoms with E-state index in [2.05, 4.69) is 13.8 Å². The second-order valence-electron chi connectivity index (χ2n) is 5.02. The van der Waals surface area contributed by atoms with E-state index in [1.807, 2.05) is 55.5 Å². The first kappa shape index (κ1) is 41.1. The van der Waals surface area contributed by atoms with Crippen LogP contribution in [0.2, 0.25) is 0 Å². The number of aldehydes is 1. The van der Waals surface area contributed by atoms with Crippen LogP contribution in [0.1, 0.15) is 47.9 Å². The van der Waals surface area contributed by atoms with E-state index >= 15 is 0 Å². The van der Waals surface area contributed by atoms with E-state index in [0.717, 1.165) is 28.9 Å². The summed E-state index contributed by atoms with van der Waals surface area (Å²) in [5.74, 6) is 2.36. The predicted octanol–water partition coefficient (Wildman–Crippen LogP) is 0.838. The zero-order valence-electron chi connectivity index (χ0n) is 19.0. The topological polar surface area (TPSA) is 164 Å². The van der Waals surface area contributed by atoms with E-state index in [1.165, 1.54) is 9.79 Å². The molecule has 0 saturated carbocycles. The van der Waals surface area contributed by atoms with E-state index in [4.69, 9.17) is 19.2 Å². The monoisotopic (exact) mass is 490 g/mol. The summed E-state index contributed by atoms with van der Waals surface area (Å²) < 4.78 is 0. The zero-order valence-corrected chi connectivity index (χ0v) is 20.7. The molecule has 176 valence electrons. The molecule has 0 radical (unpaired) electrons. The molecule has 2 aromatic rings. The molecule has 0 aromatic heterocycles. The maximum atomic E-state index is 11.3. The number of rotatable bonds is 7. The third-order valence-corrected chi connectivity index (χ3v) is 4.92. The minimum absolute atomic E-state index is 0. The summed E-state index contributed by atoms with van der Waals surface area (Å²) in [5, 5.41) is 0. The van der Waals surface area contributed by atoms with Crippen molar-refractivity contribution in [2.24, 2.45) is 0 Å². The maximum absolute atomic E-state index is 11.3. The number of ketones is 1. The number of benzene rings is 2. The summed E-state index contributed by atoms with van der Waals surface area (Å²) in [4.78, 5) is 56.5. The van der Waals surface area contributed by atoms with Gasteiger partial charge in [0.25, 0.3) is 0 Å². The van der Waals surface area contributed by atoms with Crippen molar-refractivity contribution in [1.82, 2.24) is 0 Å². The fraction of sp³-hybridized carbons (Fsp3) is 0.273. The number of hydrogen-bond donors (Lipinski definition) is 0. The molecule has 3 N–H and O–H groups in total. The number of Topliss-reactive ketones (excluding diaryl/α,β-unsaturated/α-hetero) is 1. The van der Waals surface area contributed by atoms with Gasteiger partial charge in [-0.05, 0) is 35.8 Å². The van der Waals surface area contributed by atoms with Gasteiger partial charge in [-0.3, -0.25) is 9.59 Å². The third-order valence-electron chi connectivity index (χ3n) is 3.14. The van der Waals surface area contributed by atoms with Gasteiger partial charge in [-0.15, -0.1) is 23.5 Å². The molecule has 0 amide bonds. The predicted molar refractivity (Wildman–Crippen MR) is 121 cm³/mol. The molecule has 0 atom stereocenters. The number of carbonyl (C=O) groups is 2. The number of carbonyl (C=O) groups excluding carboxylic acids is 6. The number of thioether (sulfide) groups is 2. The molecular formula is C22H27LiO8S2. The van der Waals surface area contributed by atoms with Crippen LogP contribution in [-0.4, -0.2) is 46.8 Å². The summed E-state index contributed by atoms with van der Waals surface area (Å²) in [6.07, 6.45) is 1.95. The standard InChI is InChI=1S/C11H14OS.C9H10OS.2CO2.Li.2H2O/c1-3-11(12)9-5-7-10(8-6-9)13-4-2;1-2-11-9-5-3-8(7-10)4-6-9;2*2-1-3;;;/h5-8H,3-4H2,1-2H3;3-7H,2H2,1H3;;;;2*1H2/q;;;;+1;;/p-1. The third kappa shape index (κ3) is 22.7.